The predicted molar refractivity (Wildman–Crippen MR) is 83.5 cm³/mol. The highest BCUT2D eigenvalue weighted by molar-refractivity contribution is 5.31. The fourth-order valence-corrected chi connectivity index (χ4v) is 2.40. The molecule has 0 aliphatic rings. The number of hydrogen-bond donors (Lipinski definition) is 1. The second kappa shape index (κ2) is 9.61. The highest BCUT2D eigenvalue weighted by Gasteiger charge is 2.13. The van der Waals surface area contributed by atoms with Crippen LogP contribution in [0.3, 0.4) is 0 Å². The third-order valence-electron chi connectivity index (χ3n) is 3.58. The maximum Gasteiger partial charge on any atom is 0.119 e. The zero-order valence-corrected chi connectivity index (χ0v) is 13.0. The third kappa shape index (κ3) is 5.39. The molecule has 0 spiro atoms. The van der Waals surface area contributed by atoms with E-state index in [1.54, 1.807) is 7.11 Å². The van der Waals surface area contributed by atoms with Gasteiger partial charge in [0.2, 0.25) is 0 Å². The molecule has 1 rings (SSSR count). The van der Waals surface area contributed by atoms with Crippen molar-refractivity contribution >= 4 is 0 Å². The largest absolute Gasteiger partial charge is 0.497 e. The average molecular weight is 280 g/mol. The molecule has 4 heteroatoms. The van der Waals surface area contributed by atoms with E-state index in [1.807, 2.05) is 24.3 Å². The van der Waals surface area contributed by atoms with Gasteiger partial charge in [-0.15, -0.1) is 0 Å². The van der Waals surface area contributed by atoms with Crippen molar-refractivity contribution in [2.45, 2.75) is 32.7 Å². The van der Waals surface area contributed by atoms with Gasteiger partial charge in [0.1, 0.15) is 18.1 Å². The Balaban J connectivity index is 2.42. The summed E-state index contributed by atoms with van der Waals surface area (Å²) in [6.45, 7) is 7.67. The third-order valence-corrected chi connectivity index (χ3v) is 3.58. The van der Waals surface area contributed by atoms with Gasteiger partial charge >= 0.3 is 0 Å². The Hall–Kier alpha value is -1.26. The summed E-state index contributed by atoms with van der Waals surface area (Å²) < 4.78 is 10.9. The minimum absolute atomic E-state index is 0.595. The van der Waals surface area contributed by atoms with Gasteiger partial charge in [-0.05, 0) is 37.1 Å². The summed E-state index contributed by atoms with van der Waals surface area (Å²) in [6, 6.07) is 8.28. The summed E-state index contributed by atoms with van der Waals surface area (Å²) in [5.74, 6) is 1.72. The van der Waals surface area contributed by atoms with Crippen molar-refractivity contribution in [3.05, 3.63) is 24.3 Å². The first-order chi connectivity index (χ1) is 9.74. The van der Waals surface area contributed by atoms with Gasteiger partial charge in [-0.3, -0.25) is 4.90 Å². The number of nitrogens with zero attached hydrogens (tertiary/aromatic N) is 1. The number of hydrogen-bond acceptors (Lipinski definition) is 4. The van der Waals surface area contributed by atoms with Crippen molar-refractivity contribution in [1.82, 2.24) is 4.90 Å². The molecule has 0 bridgehead atoms. The molecule has 0 unspecified atom stereocenters. The van der Waals surface area contributed by atoms with Crippen LogP contribution in [0.25, 0.3) is 0 Å². The van der Waals surface area contributed by atoms with E-state index < -0.39 is 0 Å². The minimum atomic E-state index is 0.595. The van der Waals surface area contributed by atoms with Crippen LogP contribution < -0.4 is 15.2 Å². The van der Waals surface area contributed by atoms with E-state index in [-0.39, 0.29) is 0 Å². The Labute approximate surface area is 122 Å². The summed E-state index contributed by atoms with van der Waals surface area (Å²) in [7, 11) is 1.66. The van der Waals surface area contributed by atoms with E-state index in [1.165, 1.54) is 0 Å². The van der Waals surface area contributed by atoms with E-state index in [2.05, 4.69) is 18.7 Å². The lowest BCUT2D eigenvalue weighted by Gasteiger charge is -2.29. The molecule has 0 amide bonds. The normalized spacial score (nSPS) is 11.1. The van der Waals surface area contributed by atoms with Crippen LogP contribution >= 0.6 is 0 Å². The van der Waals surface area contributed by atoms with Crippen molar-refractivity contribution in [3.8, 4) is 11.5 Å². The molecule has 1 aromatic carbocycles. The van der Waals surface area contributed by atoms with Crippen LogP contribution in [0.5, 0.6) is 11.5 Å². The van der Waals surface area contributed by atoms with E-state index in [0.29, 0.717) is 19.2 Å². The second-order valence-electron chi connectivity index (χ2n) is 4.82. The van der Waals surface area contributed by atoms with E-state index in [0.717, 1.165) is 37.4 Å². The van der Waals surface area contributed by atoms with Crippen molar-refractivity contribution in [3.63, 3.8) is 0 Å². The lowest BCUT2D eigenvalue weighted by Crippen LogP contribution is -2.40. The van der Waals surface area contributed by atoms with Crippen LogP contribution in [-0.4, -0.2) is 44.3 Å². The molecular formula is C16H28N2O2. The van der Waals surface area contributed by atoms with Gasteiger partial charge in [0.05, 0.1) is 7.11 Å². The fourth-order valence-electron chi connectivity index (χ4n) is 2.40. The number of rotatable bonds is 10. The molecular weight excluding hydrogens is 252 g/mol. The minimum Gasteiger partial charge on any atom is -0.497 e. The van der Waals surface area contributed by atoms with E-state index in [9.17, 15) is 0 Å². The molecule has 4 nitrogen and oxygen atoms in total. The number of ether oxygens (including phenoxy) is 2. The summed E-state index contributed by atoms with van der Waals surface area (Å²) in [4.78, 5) is 2.42. The molecule has 2 N–H and O–H groups in total. The Kier molecular flexibility index (Phi) is 8.07. The van der Waals surface area contributed by atoms with Crippen LogP contribution in [0.15, 0.2) is 24.3 Å². The van der Waals surface area contributed by atoms with Crippen molar-refractivity contribution in [1.29, 1.82) is 0 Å². The molecule has 20 heavy (non-hydrogen) atoms. The van der Waals surface area contributed by atoms with Gasteiger partial charge in [0.15, 0.2) is 0 Å². The summed E-state index contributed by atoms with van der Waals surface area (Å²) in [5, 5.41) is 0. The van der Waals surface area contributed by atoms with Gasteiger partial charge in [0.25, 0.3) is 0 Å². The van der Waals surface area contributed by atoms with Gasteiger partial charge in [-0.1, -0.05) is 13.8 Å². The first kappa shape index (κ1) is 16.8. The standard InChI is InChI=1S/C16H28N2O2/c1-4-14(5-2)18(11-10-17)12-13-20-16-8-6-15(19-3)7-9-16/h6-9,14H,4-5,10-13,17H2,1-3H3. The van der Waals surface area contributed by atoms with Crippen molar-refractivity contribution < 1.29 is 9.47 Å². The number of benzene rings is 1. The lowest BCUT2D eigenvalue weighted by molar-refractivity contribution is 0.155. The zero-order valence-electron chi connectivity index (χ0n) is 13.0. The molecule has 0 aliphatic heterocycles. The van der Waals surface area contributed by atoms with Gasteiger partial charge in [-0.25, -0.2) is 0 Å². The van der Waals surface area contributed by atoms with Gasteiger partial charge in [-0.2, -0.15) is 0 Å². The summed E-state index contributed by atoms with van der Waals surface area (Å²) in [6.07, 6.45) is 2.30. The molecule has 0 radical (unpaired) electrons. The van der Waals surface area contributed by atoms with E-state index in [4.69, 9.17) is 15.2 Å². The van der Waals surface area contributed by atoms with Gasteiger partial charge < -0.3 is 15.2 Å². The summed E-state index contributed by atoms with van der Waals surface area (Å²) in [5.41, 5.74) is 5.70. The average Bonchev–Trinajstić information content (AvgIpc) is 2.49. The van der Waals surface area contributed by atoms with E-state index >= 15 is 0 Å². The Morgan fingerprint density at radius 3 is 2.15 bits per heavy atom. The molecule has 0 saturated heterocycles. The van der Waals surface area contributed by atoms with Crippen LogP contribution in [0, 0.1) is 0 Å². The summed E-state index contributed by atoms with van der Waals surface area (Å²) >= 11 is 0. The van der Waals surface area contributed by atoms with Crippen LogP contribution in [-0.2, 0) is 0 Å². The molecule has 114 valence electrons. The zero-order chi connectivity index (χ0) is 14.8. The first-order valence-electron chi connectivity index (χ1n) is 7.46. The molecule has 1 aromatic rings. The molecule has 0 aromatic heterocycles. The van der Waals surface area contributed by atoms with Gasteiger partial charge in [0, 0.05) is 25.7 Å². The fraction of sp³-hybridized carbons (Fsp3) is 0.625. The maximum absolute atomic E-state index is 5.78. The Morgan fingerprint density at radius 1 is 1.05 bits per heavy atom. The molecule has 0 heterocycles. The Bertz CT molecular complexity index is 350. The molecule has 0 saturated carbocycles. The van der Waals surface area contributed by atoms with Crippen molar-refractivity contribution in [2.24, 2.45) is 5.73 Å². The topological polar surface area (TPSA) is 47.7 Å². The van der Waals surface area contributed by atoms with Crippen LogP contribution in [0.4, 0.5) is 0 Å². The molecule has 0 fully saturated rings. The number of methoxy groups -OCH3 is 1. The number of nitrogens with two attached hydrogens (primary N) is 1. The van der Waals surface area contributed by atoms with Crippen molar-refractivity contribution in [2.75, 3.05) is 33.4 Å². The molecule has 0 aliphatic carbocycles. The van der Waals surface area contributed by atoms with Crippen LogP contribution in [0.1, 0.15) is 26.7 Å². The smallest absolute Gasteiger partial charge is 0.119 e. The quantitative estimate of drug-likeness (QED) is 0.715. The monoisotopic (exact) mass is 280 g/mol. The van der Waals surface area contributed by atoms with Crippen LogP contribution in [0.2, 0.25) is 0 Å². The lowest BCUT2D eigenvalue weighted by atomic mass is 10.1. The highest BCUT2D eigenvalue weighted by atomic mass is 16.5. The predicted octanol–water partition coefficient (Wildman–Crippen LogP) is 2.52. The maximum atomic E-state index is 5.78. The Morgan fingerprint density at radius 2 is 1.65 bits per heavy atom. The molecule has 0 atom stereocenters. The first-order valence-corrected chi connectivity index (χ1v) is 7.46. The SMILES string of the molecule is CCC(CC)N(CCN)CCOc1ccc(OC)cc1. The second-order valence-corrected chi connectivity index (χ2v) is 4.82. The highest BCUT2D eigenvalue weighted by Crippen LogP contribution is 2.17.